The minimum absolute atomic E-state index is 0.164. The van der Waals surface area contributed by atoms with Gasteiger partial charge < -0.3 is 4.90 Å². The molecule has 0 radical (unpaired) electrons. The molecular weight excluding hydrogens is 278 g/mol. The number of fused-ring (bicyclic) bond motifs is 1. The summed E-state index contributed by atoms with van der Waals surface area (Å²) < 4.78 is 0. The fraction of sp³-hybridized carbons (Fsp3) is 0.455. The van der Waals surface area contributed by atoms with E-state index in [1.165, 1.54) is 30.4 Å². The number of rotatable bonds is 5. The van der Waals surface area contributed by atoms with Gasteiger partial charge in [0, 0.05) is 5.41 Å². The Morgan fingerprint density at radius 3 is 2.13 bits per heavy atom. The summed E-state index contributed by atoms with van der Waals surface area (Å²) in [5, 5.41) is 0. The van der Waals surface area contributed by atoms with Gasteiger partial charge in [0.1, 0.15) is 0 Å². The second-order valence-electron chi connectivity index (χ2n) is 7.96. The standard InChI is InChI=1S/C22H29N/c1-21(2)17-22(15-10-16-23(3)4,18-11-6-5-7-12-18)20-14-9-8-13-19(20)21/h5-9,11-14H,10,15-17H2,1-4H3/t22-/m0/s1. The van der Waals surface area contributed by atoms with Crippen molar-refractivity contribution in [3.05, 3.63) is 71.3 Å². The molecule has 0 bridgehead atoms. The molecule has 0 amide bonds. The van der Waals surface area contributed by atoms with Crippen LogP contribution in [-0.2, 0) is 10.8 Å². The van der Waals surface area contributed by atoms with E-state index in [2.05, 4.69) is 87.4 Å². The van der Waals surface area contributed by atoms with Crippen molar-refractivity contribution in [2.75, 3.05) is 20.6 Å². The summed E-state index contributed by atoms with van der Waals surface area (Å²) in [5.74, 6) is 0. The van der Waals surface area contributed by atoms with Crippen LogP contribution >= 0.6 is 0 Å². The maximum Gasteiger partial charge on any atom is 0.0214 e. The Labute approximate surface area is 141 Å². The molecule has 0 aliphatic heterocycles. The minimum atomic E-state index is 0.164. The highest BCUT2D eigenvalue weighted by atomic mass is 15.0. The molecule has 2 aromatic carbocycles. The van der Waals surface area contributed by atoms with Crippen molar-refractivity contribution in [2.24, 2.45) is 0 Å². The van der Waals surface area contributed by atoms with Gasteiger partial charge in [-0.1, -0.05) is 68.4 Å². The van der Waals surface area contributed by atoms with Gasteiger partial charge in [-0.15, -0.1) is 0 Å². The normalized spacial score (nSPS) is 22.3. The van der Waals surface area contributed by atoms with E-state index in [0.29, 0.717) is 0 Å². The predicted molar refractivity (Wildman–Crippen MR) is 99.1 cm³/mol. The molecule has 23 heavy (non-hydrogen) atoms. The van der Waals surface area contributed by atoms with Gasteiger partial charge >= 0.3 is 0 Å². The summed E-state index contributed by atoms with van der Waals surface area (Å²) in [4.78, 5) is 2.30. The molecule has 0 saturated carbocycles. The maximum atomic E-state index is 2.41. The lowest BCUT2D eigenvalue weighted by Crippen LogP contribution is -2.28. The number of hydrogen-bond acceptors (Lipinski definition) is 1. The molecule has 122 valence electrons. The smallest absolute Gasteiger partial charge is 0.0214 e. The highest BCUT2D eigenvalue weighted by molar-refractivity contribution is 5.52. The lowest BCUT2D eigenvalue weighted by atomic mass is 9.70. The molecule has 0 unspecified atom stereocenters. The summed E-state index contributed by atoms with van der Waals surface area (Å²) in [6.45, 7) is 5.96. The first-order valence-corrected chi connectivity index (χ1v) is 8.76. The zero-order valence-corrected chi connectivity index (χ0v) is 15.0. The van der Waals surface area contributed by atoms with E-state index in [1.807, 2.05) is 0 Å². The molecule has 1 aliphatic rings. The van der Waals surface area contributed by atoms with E-state index in [1.54, 1.807) is 5.56 Å². The van der Waals surface area contributed by atoms with Crippen LogP contribution in [0.15, 0.2) is 54.6 Å². The minimum Gasteiger partial charge on any atom is -0.309 e. The van der Waals surface area contributed by atoms with E-state index < -0.39 is 0 Å². The molecule has 2 aromatic rings. The van der Waals surface area contributed by atoms with E-state index in [-0.39, 0.29) is 10.8 Å². The Hall–Kier alpha value is -1.60. The summed E-state index contributed by atoms with van der Waals surface area (Å²) >= 11 is 0. The molecule has 1 nitrogen and oxygen atoms in total. The van der Waals surface area contributed by atoms with E-state index in [9.17, 15) is 0 Å². The van der Waals surface area contributed by atoms with Crippen LogP contribution in [0.25, 0.3) is 0 Å². The van der Waals surface area contributed by atoms with Gasteiger partial charge in [0.15, 0.2) is 0 Å². The van der Waals surface area contributed by atoms with Crippen LogP contribution < -0.4 is 0 Å². The van der Waals surface area contributed by atoms with Crippen molar-refractivity contribution in [2.45, 2.75) is 43.9 Å². The van der Waals surface area contributed by atoms with Crippen molar-refractivity contribution >= 4 is 0 Å². The summed E-state index contributed by atoms with van der Waals surface area (Å²) in [6.07, 6.45) is 3.65. The Kier molecular flexibility index (Phi) is 4.33. The van der Waals surface area contributed by atoms with Crippen LogP contribution in [0, 0.1) is 0 Å². The highest BCUT2D eigenvalue weighted by Gasteiger charge is 2.47. The topological polar surface area (TPSA) is 3.24 Å². The average Bonchev–Trinajstić information content (AvgIpc) is 2.77. The Balaban J connectivity index is 2.07. The van der Waals surface area contributed by atoms with E-state index in [0.717, 1.165) is 6.54 Å². The average molecular weight is 307 g/mol. The second kappa shape index (κ2) is 6.13. The molecule has 0 saturated heterocycles. The van der Waals surface area contributed by atoms with Gasteiger partial charge in [-0.2, -0.15) is 0 Å². The molecular formula is C22H29N. The molecule has 0 spiro atoms. The van der Waals surface area contributed by atoms with Crippen molar-refractivity contribution in [3.63, 3.8) is 0 Å². The van der Waals surface area contributed by atoms with Crippen molar-refractivity contribution in [1.29, 1.82) is 0 Å². The second-order valence-corrected chi connectivity index (χ2v) is 7.96. The fourth-order valence-corrected chi connectivity index (χ4v) is 4.51. The first kappa shape index (κ1) is 16.3. The van der Waals surface area contributed by atoms with Gasteiger partial charge in [0.25, 0.3) is 0 Å². The highest BCUT2D eigenvalue weighted by Crippen LogP contribution is 2.54. The van der Waals surface area contributed by atoms with E-state index >= 15 is 0 Å². The Bertz CT molecular complexity index is 657. The van der Waals surface area contributed by atoms with Gasteiger partial charge in [-0.05, 0) is 62.0 Å². The van der Waals surface area contributed by atoms with Crippen LogP contribution in [0.5, 0.6) is 0 Å². The van der Waals surface area contributed by atoms with Gasteiger partial charge in [0.2, 0.25) is 0 Å². The van der Waals surface area contributed by atoms with Crippen molar-refractivity contribution in [1.82, 2.24) is 4.90 Å². The third-order valence-electron chi connectivity index (χ3n) is 5.45. The molecule has 0 fully saturated rings. The Morgan fingerprint density at radius 1 is 0.870 bits per heavy atom. The van der Waals surface area contributed by atoms with Crippen molar-refractivity contribution < 1.29 is 0 Å². The lowest BCUT2D eigenvalue weighted by molar-refractivity contribution is 0.334. The van der Waals surface area contributed by atoms with Crippen LogP contribution in [0.1, 0.15) is 49.8 Å². The molecule has 1 heteroatoms. The molecule has 3 rings (SSSR count). The molecule has 1 aliphatic carbocycles. The molecule has 0 heterocycles. The summed E-state index contributed by atoms with van der Waals surface area (Å²) in [6, 6.07) is 20.3. The SMILES string of the molecule is CN(C)CCC[C@@]1(c2ccccc2)CC(C)(C)c2ccccc21. The predicted octanol–water partition coefficient (Wildman–Crippen LogP) is 5.00. The van der Waals surface area contributed by atoms with Crippen molar-refractivity contribution in [3.8, 4) is 0 Å². The lowest BCUT2D eigenvalue weighted by Gasteiger charge is -2.33. The van der Waals surface area contributed by atoms with Crippen LogP contribution in [0.3, 0.4) is 0 Å². The van der Waals surface area contributed by atoms with Gasteiger partial charge in [-0.3, -0.25) is 0 Å². The fourth-order valence-electron chi connectivity index (χ4n) is 4.51. The molecule has 0 N–H and O–H groups in total. The van der Waals surface area contributed by atoms with Crippen LogP contribution in [0.2, 0.25) is 0 Å². The summed E-state index contributed by atoms with van der Waals surface area (Å²) in [5.41, 5.74) is 4.97. The zero-order valence-electron chi connectivity index (χ0n) is 15.0. The number of nitrogens with zero attached hydrogens (tertiary/aromatic N) is 1. The number of hydrogen-bond donors (Lipinski definition) is 0. The first-order chi connectivity index (χ1) is 11.0. The largest absolute Gasteiger partial charge is 0.309 e. The van der Waals surface area contributed by atoms with Crippen LogP contribution in [0.4, 0.5) is 0 Å². The summed E-state index contributed by atoms with van der Waals surface area (Å²) in [7, 11) is 4.34. The quantitative estimate of drug-likeness (QED) is 0.751. The third-order valence-corrected chi connectivity index (χ3v) is 5.45. The molecule has 1 atom stereocenters. The van der Waals surface area contributed by atoms with E-state index in [4.69, 9.17) is 0 Å². The zero-order chi connectivity index (χ0) is 16.5. The Morgan fingerprint density at radius 2 is 1.48 bits per heavy atom. The van der Waals surface area contributed by atoms with Gasteiger partial charge in [-0.25, -0.2) is 0 Å². The maximum absolute atomic E-state index is 2.41. The molecule has 0 aromatic heterocycles. The van der Waals surface area contributed by atoms with Gasteiger partial charge in [0.05, 0.1) is 0 Å². The monoisotopic (exact) mass is 307 g/mol. The van der Waals surface area contributed by atoms with Crippen LogP contribution in [-0.4, -0.2) is 25.5 Å². The third kappa shape index (κ3) is 2.95. The number of benzene rings is 2. The first-order valence-electron chi connectivity index (χ1n) is 8.76.